The van der Waals surface area contributed by atoms with Gasteiger partial charge in [-0.05, 0) is 31.9 Å². The number of rotatable bonds is 3. The summed E-state index contributed by atoms with van der Waals surface area (Å²) >= 11 is 0. The van der Waals surface area contributed by atoms with Crippen LogP contribution in [0.1, 0.15) is 25.3 Å². The van der Waals surface area contributed by atoms with Crippen molar-refractivity contribution >= 4 is 5.78 Å². The highest BCUT2D eigenvalue weighted by Gasteiger charge is 2.49. The molecule has 1 aromatic heterocycles. The molecule has 1 aromatic carbocycles. The van der Waals surface area contributed by atoms with E-state index < -0.39 is 0 Å². The zero-order valence-electron chi connectivity index (χ0n) is 9.76. The van der Waals surface area contributed by atoms with Gasteiger partial charge in [0.1, 0.15) is 5.78 Å². The first-order valence-corrected chi connectivity index (χ1v) is 5.84. The Morgan fingerprint density at radius 3 is 2.59 bits per heavy atom. The Morgan fingerprint density at radius 2 is 2.00 bits per heavy atom. The molecule has 86 valence electrons. The van der Waals surface area contributed by atoms with E-state index in [2.05, 4.69) is 5.10 Å². The van der Waals surface area contributed by atoms with Gasteiger partial charge in [0.05, 0.1) is 17.3 Å². The molecule has 0 radical (unpaired) electrons. The third-order valence-electron chi connectivity index (χ3n) is 3.58. The molecule has 3 heteroatoms. The Hall–Kier alpha value is -1.90. The van der Waals surface area contributed by atoms with Crippen molar-refractivity contribution in [3.63, 3.8) is 0 Å². The van der Waals surface area contributed by atoms with Crippen molar-refractivity contribution in [1.29, 1.82) is 0 Å². The van der Waals surface area contributed by atoms with E-state index in [1.54, 1.807) is 6.92 Å². The van der Waals surface area contributed by atoms with Crippen LogP contribution < -0.4 is 0 Å². The molecule has 0 saturated heterocycles. The van der Waals surface area contributed by atoms with Crippen molar-refractivity contribution in [1.82, 2.24) is 9.78 Å². The van der Waals surface area contributed by atoms with Gasteiger partial charge in [0, 0.05) is 11.8 Å². The van der Waals surface area contributed by atoms with Crippen molar-refractivity contribution in [3.8, 4) is 5.69 Å². The fourth-order valence-electron chi connectivity index (χ4n) is 2.26. The Morgan fingerprint density at radius 1 is 1.29 bits per heavy atom. The summed E-state index contributed by atoms with van der Waals surface area (Å²) in [6.45, 7) is 1.67. The Kier molecular flexibility index (Phi) is 2.15. The van der Waals surface area contributed by atoms with Crippen LogP contribution in [0.5, 0.6) is 0 Å². The molecule has 1 fully saturated rings. The van der Waals surface area contributed by atoms with Crippen LogP contribution in [0.2, 0.25) is 0 Å². The molecular formula is C14H14N2O. The molecule has 1 aliphatic carbocycles. The lowest BCUT2D eigenvalue weighted by atomic mass is 9.95. The maximum absolute atomic E-state index is 11.6. The Labute approximate surface area is 100 Å². The predicted molar refractivity (Wildman–Crippen MR) is 65.2 cm³/mol. The second-order valence-electron chi connectivity index (χ2n) is 4.65. The highest BCUT2D eigenvalue weighted by molar-refractivity contribution is 5.90. The van der Waals surface area contributed by atoms with E-state index in [0.717, 1.165) is 24.1 Å². The zero-order chi connectivity index (χ0) is 11.9. The highest BCUT2D eigenvalue weighted by atomic mass is 16.1. The van der Waals surface area contributed by atoms with E-state index in [1.807, 2.05) is 47.4 Å². The highest BCUT2D eigenvalue weighted by Crippen LogP contribution is 2.48. The number of benzene rings is 1. The number of hydrogen-bond acceptors (Lipinski definition) is 2. The van der Waals surface area contributed by atoms with Gasteiger partial charge in [-0.3, -0.25) is 4.79 Å². The van der Waals surface area contributed by atoms with E-state index in [-0.39, 0.29) is 11.2 Å². The van der Waals surface area contributed by atoms with E-state index in [0.29, 0.717) is 0 Å². The quantitative estimate of drug-likeness (QED) is 0.806. The third kappa shape index (κ3) is 1.58. The molecule has 0 unspecified atom stereocenters. The van der Waals surface area contributed by atoms with Gasteiger partial charge in [0.15, 0.2) is 0 Å². The molecule has 0 N–H and O–H groups in total. The number of carbonyl (C=O) groups excluding carboxylic acids is 1. The zero-order valence-corrected chi connectivity index (χ0v) is 9.76. The summed E-state index contributed by atoms with van der Waals surface area (Å²) < 4.78 is 1.83. The summed E-state index contributed by atoms with van der Waals surface area (Å²) in [6, 6.07) is 9.95. The molecule has 3 nitrogen and oxygen atoms in total. The van der Waals surface area contributed by atoms with Gasteiger partial charge in [-0.15, -0.1) is 0 Å². The van der Waals surface area contributed by atoms with Crippen molar-refractivity contribution in [2.24, 2.45) is 0 Å². The first kappa shape index (κ1) is 10.3. The molecule has 17 heavy (non-hydrogen) atoms. The summed E-state index contributed by atoms with van der Waals surface area (Å²) in [5.41, 5.74) is 1.85. The molecule has 1 heterocycles. The van der Waals surface area contributed by atoms with Gasteiger partial charge >= 0.3 is 0 Å². The monoisotopic (exact) mass is 226 g/mol. The smallest absolute Gasteiger partial charge is 0.140 e. The average molecular weight is 226 g/mol. The molecule has 1 aliphatic rings. The van der Waals surface area contributed by atoms with Crippen LogP contribution in [0.3, 0.4) is 0 Å². The maximum Gasteiger partial charge on any atom is 0.140 e. The number of carbonyl (C=O) groups is 1. The van der Waals surface area contributed by atoms with Crippen LogP contribution in [-0.2, 0) is 10.2 Å². The molecule has 2 aromatic rings. The minimum absolute atomic E-state index is 0.229. The second-order valence-corrected chi connectivity index (χ2v) is 4.65. The lowest BCUT2D eigenvalue weighted by Gasteiger charge is -2.07. The standard InChI is InChI=1S/C14H14N2O/c1-11(17)14(7-8-14)12-9-15-16(10-12)13-5-3-2-4-6-13/h2-6,9-10H,7-8H2,1H3. The third-order valence-corrected chi connectivity index (χ3v) is 3.58. The SMILES string of the molecule is CC(=O)C1(c2cnn(-c3ccccc3)c2)CC1. The first-order valence-electron chi connectivity index (χ1n) is 5.84. The lowest BCUT2D eigenvalue weighted by Crippen LogP contribution is -2.15. The van der Waals surface area contributed by atoms with Gasteiger partial charge in [0.2, 0.25) is 0 Å². The number of hydrogen-bond donors (Lipinski definition) is 0. The lowest BCUT2D eigenvalue weighted by molar-refractivity contribution is -0.119. The number of aromatic nitrogens is 2. The topological polar surface area (TPSA) is 34.9 Å². The fourth-order valence-corrected chi connectivity index (χ4v) is 2.26. The van der Waals surface area contributed by atoms with Gasteiger partial charge in [-0.2, -0.15) is 5.10 Å². The van der Waals surface area contributed by atoms with E-state index >= 15 is 0 Å². The molecule has 0 bridgehead atoms. The largest absolute Gasteiger partial charge is 0.299 e. The summed E-state index contributed by atoms with van der Waals surface area (Å²) in [4.78, 5) is 11.6. The average Bonchev–Trinajstić information content (AvgIpc) is 3.02. The van der Waals surface area contributed by atoms with E-state index in [4.69, 9.17) is 0 Å². The minimum atomic E-state index is -0.229. The van der Waals surface area contributed by atoms with E-state index in [1.165, 1.54) is 0 Å². The Balaban J connectivity index is 1.97. The van der Waals surface area contributed by atoms with Gasteiger partial charge in [-0.25, -0.2) is 4.68 Å². The maximum atomic E-state index is 11.6. The van der Waals surface area contributed by atoms with Crippen LogP contribution in [0.25, 0.3) is 5.69 Å². The van der Waals surface area contributed by atoms with Crippen LogP contribution in [-0.4, -0.2) is 15.6 Å². The summed E-state index contributed by atoms with van der Waals surface area (Å²) in [6.07, 6.45) is 5.72. The number of para-hydroxylation sites is 1. The summed E-state index contributed by atoms with van der Waals surface area (Å²) in [5, 5.41) is 4.34. The molecule has 1 saturated carbocycles. The van der Waals surface area contributed by atoms with E-state index in [9.17, 15) is 4.79 Å². The van der Waals surface area contributed by atoms with Crippen molar-refractivity contribution in [2.75, 3.05) is 0 Å². The van der Waals surface area contributed by atoms with Crippen LogP contribution in [0.4, 0.5) is 0 Å². The summed E-state index contributed by atoms with van der Waals surface area (Å²) in [7, 11) is 0. The molecule has 0 spiro atoms. The van der Waals surface area contributed by atoms with Crippen LogP contribution >= 0.6 is 0 Å². The number of nitrogens with zero attached hydrogens (tertiary/aromatic N) is 2. The molecule has 0 atom stereocenters. The molecule has 0 amide bonds. The van der Waals surface area contributed by atoms with Gasteiger partial charge in [0.25, 0.3) is 0 Å². The minimum Gasteiger partial charge on any atom is -0.299 e. The Bertz CT molecular complexity index is 553. The fraction of sp³-hybridized carbons (Fsp3) is 0.286. The molecule has 0 aliphatic heterocycles. The van der Waals surface area contributed by atoms with Crippen molar-refractivity contribution in [2.45, 2.75) is 25.2 Å². The number of ketones is 1. The van der Waals surface area contributed by atoms with Crippen LogP contribution in [0, 0.1) is 0 Å². The van der Waals surface area contributed by atoms with Crippen LogP contribution in [0.15, 0.2) is 42.7 Å². The van der Waals surface area contributed by atoms with Gasteiger partial charge in [-0.1, -0.05) is 18.2 Å². The molecule has 3 rings (SSSR count). The van der Waals surface area contributed by atoms with Gasteiger partial charge < -0.3 is 0 Å². The number of Topliss-reactive ketones (excluding diaryl/α,β-unsaturated/α-hetero) is 1. The summed E-state index contributed by atoms with van der Waals surface area (Å²) in [5.74, 6) is 0.255. The van der Waals surface area contributed by atoms with Crippen molar-refractivity contribution in [3.05, 3.63) is 48.3 Å². The molecular weight excluding hydrogens is 212 g/mol. The second kappa shape index (κ2) is 3.55. The normalized spacial score (nSPS) is 16.8. The predicted octanol–water partition coefficient (Wildman–Crippen LogP) is 2.49. The first-order chi connectivity index (χ1) is 8.22. The van der Waals surface area contributed by atoms with Crippen molar-refractivity contribution < 1.29 is 4.79 Å².